The van der Waals surface area contributed by atoms with Crippen LogP contribution in [0.4, 0.5) is 26.3 Å². The molecule has 8 heteroatoms. The standard InChI is InChI=1S/C15H7ClF6O/c16-13(23)12-10(5-2-6-11(12)15(20,21)22)8-3-1-4-9(7-8)14(17,18)19/h1-7H. The van der Waals surface area contributed by atoms with Crippen LogP contribution in [0.5, 0.6) is 0 Å². The van der Waals surface area contributed by atoms with Crippen LogP contribution in [0.3, 0.4) is 0 Å². The first-order valence-electron chi connectivity index (χ1n) is 6.09. The minimum atomic E-state index is -4.86. The van der Waals surface area contributed by atoms with Crippen molar-refractivity contribution in [2.75, 3.05) is 0 Å². The Kier molecular flexibility index (Phi) is 4.43. The Morgan fingerprint density at radius 3 is 2.00 bits per heavy atom. The number of carbonyl (C=O) groups excluding carboxylic acids is 1. The summed E-state index contributed by atoms with van der Waals surface area (Å²) in [5.74, 6) is 0. The SMILES string of the molecule is O=C(Cl)c1c(-c2cccc(C(F)(F)F)c2)cccc1C(F)(F)F. The predicted molar refractivity (Wildman–Crippen MR) is 72.1 cm³/mol. The van der Waals surface area contributed by atoms with Crippen LogP contribution >= 0.6 is 11.6 Å². The van der Waals surface area contributed by atoms with Gasteiger partial charge in [0.05, 0.1) is 16.7 Å². The van der Waals surface area contributed by atoms with Gasteiger partial charge in [0.1, 0.15) is 0 Å². The van der Waals surface area contributed by atoms with Gasteiger partial charge in [0, 0.05) is 0 Å². The molecule has 0 bridgehead atoms. The average Bonchev–Trinajstić information content (AvgIpc) is 2.44. The molecule has 0 atom stereocenters. The molecule has 0 radical (unpaired) electrons. The van der Waals surface area contributed by atoms with Gasteiger partial charge in [-0.25, -0.2) is 0 Å². The first-order valence-corrected chi connectivity index (χ1v) is 6.47. The predicted octanol–water partition coefficient (Wildman–Crippen LogP) is 5.77. The zero-order chi connectivity index (χ0) is 17.4. The molecule has 2 aromatic carbocycles. The van der Waals surface area contributed by atoms with Gasteiger partial charge >= 0.3 is 12.4 Å². The lowest BCUT2D eigenvalue weighted by Gasteiger charge is -2.15. The molecule has 0 aliphatic carbocycles. The maximum absolute atomic E-state index is 13.0. The van der Waals surface area contributed by atoms with E-state index in [1.54, 1.807) is 0 Å². The Morgan fingerprint density at radius 1 is 0.870 bits per heavy atom. The Hall–Kier alpha value is -2.02. The van der Waals surface area contributed by atoms with Crippen LogP contribution in [0.1, 0.15) is 21.5 Å². The Labute approximate surface area is 131 Å². The third-order valence-electron chi connectivity index (χ3n) is 3.07. The Balaban J connectivity index is 2.72. The van der Waals surface area contributed by atoms with Gasteiger partial charge in [0.2, 0.25) is 0 Å². The van der Waals surface area contributed by atoms with Gasteiger partial charge in [-0.2, -0.15) is 26.3 Å². The highest BCUT2D eigenvalue weighted by Crippen LogP contribution is 2.39. The maximum atomic E-state index is 13.0. The van der Waals surface area contributed by atoms with Gasteiger partial charge in [-0.15, -0.1) is 0 Å². The second-order valence-electron chi connectivity index (χ2n) is 4.58. The molecule has 0 aromatic heterocycles. The van der Waals surface area contributed by atoms with Crippen molar-refractivity contribution in [3.05, 3.63) is 59.2 Å². The molecule has 2 rings (SSSR count). The summed E-state index contributed by atoms with van der Waals surface area (Å²) in [6.07, 6.45) is -9.53. The fraction of sp³-hybridized carbons (Fsp3) is 0.133. The van der Waals surface area contributed by atoms with Crippen LogP contribution in [-0.2, 0) is 12.4 Å². The van der Waals surface area contributed by atoms with Crippen molar-refractivity contribution in [2.24, 2.45) is 0 Å². The van der Waals surface area contributed by atoms with E-state index in [0.717, 1.165) is 24.3 Å². The van der Waals surface area contributed by atoms with E-state index in [2.05, 4.69) is 0 Å². The monoisotopic (exact) mass is 352 g/mol. The number of halogens is 7. The van der Waals surface area contributed by atoms with Gasteiger partial charge in [0.15, 0.2) is 0 Å². The van der Waals surface area contributed by atoms with Gasteiger partial charge in [-0.3, -0.25) is 4.79 Å². The van der Waals surface area contributed by atoms with E-state index in [4.69, 9.17) is 11.6 Å². The molecule has 2 aromatic rings. The molecule has 0 spiro atoms. The second-order valence-corrected chi connectivity index (χ2v) is 4.92. The number of carbonyl (C=O) groups is 1. The number of rotatable bonds is 2. The molecule has 122 valence electrons. The molecule has 1 nitrogen and oxygen atoms in total. The van der Waals surface area contributed by atoms with Crippen LogP contribution in [0.2, 0.25) is 0 Å². The van der Waals surface area contributed by atoms with E-state index in [9.17, 15) is 31.1 Å². The third kappa shape index (κ3) is 3.67. The fourth-order valence-corrected chi connectivity index (χ4v) is 2.31. The van der Waals surface area contributed by atoms with Crippen LogP contribution < -0.4 is 0 Å². The van der Waals surface area contributed by atoms with Crippen LogP contribution in [0.15, 0.2) is 42.5 Å². The van der Waals surface area contributed by atoms with E-state index < -0.39 is 34.3 Å². The number of hydrogen-bond donors (Lipinski definition) is 0. The van der Waals surface area contributed by atoms with Gasteiger partial charge in [-0.1, -0.05) is 24.3 Å². The highest BCUT2D eigenvalue weighted by Gasteiger charge is 2.36. The summed E-state index contributed by atoms with van der Waals surface area (Å²) in [5.41, 5.74) is -3.71. The summed E-state index contributed by atoms with van der Waals surface area (Å²) in [6.45, 7) is 0. The minimum absolute atomic E-state index is 0.185. The van der Waals surface area contributed by atoms with Crippen LogP contribution in [-0.4, -0.2) is 5.24 Å². The quantitative estimate of drug-likeness (QED) is 0.495. The lowest BCUT2D eigenvalue weighted by Crippen LogP contribution is -2.12. The highest BCUT2D eigenvalue weighted by molar-refractivity contribution is 6.68. The van der Waals surface area contributed by atoms with Crippen molar-refractivity contribution in [1.29, 1.82) is 0 Å². The lowest BCUT2D eigenvalue weighted by molar-refractivity contribution is -0.138. The van der Waals surface area contributed by atoms with Crippen molar-refractivity contribution in [3.8, 4) is 11.1 Å². The number of alkyl halides is 6. The van der Waals surface area contributed by atoms with Crippen molar-refractivity contribution >= 4 is 16.8 Å². The summed E-state index contributed by atoms with van der Waals surface area (Å²) < 4.78 is 77.2. The molecule has 0 amide bonds. The zero-order valence-electron chi connectivity index (χ0n) is 11.1. The molecule has 0 aliphatic heterocycles. The molecule has 0 N–H and O–H groups in total. The molecule has 23 heavy (non-hydrogen) atoms. The van der Waals surface area contributed by atoms with Crippen molar-refractivity contribution in [1.82, 2.24) is 0 Å². The summed E-state index contributed by atoms with van der Waals surface area (Å²) >= 11 is 5.24. The second kappa shape index (κ2) is 5.88. The van der Waals surface area contributed by atoms with Crippen LogP contribution in [0.25, 0.3) is 11.1 Å². The third-order valence-corrected chi connectivity index (χ3v) is 3.26. The zero-order valence-corrected chi connectivity index (χ0v) is 11.9. The van der Waals surface area contributed by atoms with Gasteiger partial charge < -0.3 is 0 Å². The van der Waals surface area contributed by atoms with E-state index in [1.165, 1.54) is 6.07 Å². The number of benzene rings is 2. The molecule has 0 saturated heterocycles. The summed E-state index contributed by atoms with van der Waals surface area (Å²) in [7, 11) is 0. The first-order chi connectivity index (χ1) is 10.5. The minimum Gasteiger partial charge on any atom is -0.276 e. The van der Waals surface area contributed by atoms with Crippen molar-refractivity contribution < 1.29 is 31.1 Å². The number of hydrogen-bond acceptors (Lipinski definition) is 1. The van der Waals surface area contributed by atoms with E-state index >= 15 is 0 Å². The maximum Gasteiger partial charge on any atom is 0.417 e. The Morgan fingerprint density at radius 2 is 1.48 bits per heavy atom. The molecular formula is C15H7ClF6O. The molecule has 0 unspecified atom stereocenters. The molecule has 0 fully saturated rings. The summed E-state index contributed by atoms with van der Waals surface area (Å²) in [4.78, 5) is 11.4. The highest BCUT2D eigenvalue weighted by atomic mass is 35.5. The van der Waals surface area contributed by atoms with E-state index in [1.807, 2.05) is 0 Å². The Bertz CT molecular complexity index is 748. The average molecular weight is 353 g/mol. The van der Waals surface area contributed by atoms with Crippen molar-refractivity contribution in [2.45, 2.75) is 12.4 Å². The topological polar surface area (TPSA) is 17.1 Å². The molecule has 0 aliphatic rings. The largest absolute Gasteiger partial charge is 0.417 e. The molecule has 0 heterocycles. The fourth-order valence-electron chi connectivity index (χ4n) is 2.10. The lowest BCUT2D eigenvalue weighted by atomic mass is 9.94. The van der Waals surface area contributed by atoms with Gasteiger partial charge in [-0.05, 0) is 40.9 Å². The summed E-state index contributed by atoms with van der Waals surface area (Å²) in [6, 6.07) is 6.42. The van der Waals surface area contributed by atoms with Crippen molar-refractivity contribution in [3.63, 3.8) is 0 Å². The molecular weight excluding hydrogens is 346 g/mol. The van der Waals surface area contributed by atoms with Gasteiger partial charge in [0.25, 0.3) is 5.24 Å². The van der Waals surface area contributed by atoms with E-state index in [-0.39, 0.29) is 11.1 Å². The first kappa shape index (κ1) is 17.3. The smallest absolute Gasteiger partial charge is 0.276 e. The van der Waals surface area contributed by atoms with Crippen LogP contribution in [0, 0.1) is 0 Å². The normalized spacial score (nSPS) is 12.3. The van der Waals surface area contributed by atoms with E-state index in [0.29, 0.717) is 12.1 Å². The summed E-state index contributed by atoms with van der Waals surface area (Å²) in [5, 5.41) is -1.40. The molecule has 0 saturated carbocycles.